The third kappa shape index (κ3) is 3.69. The molecule has 1 unspecified atom stereocenters. The number of thioether (sulfide) groups is 1. The van der Waals surface area contributed by atoms with Crippen molar-refractivity contribution in [3.05, 3.63) is 35.4 Å². The van der Waals surface area contributed by atoms with Crippen LogP contribution in [-0.4, -0.2) is 17.5 Å². The fraction of sp³-hybridized carbons (Fsp3) is 0.600. The van der Waals surface area contributed by atoms with E-state index in [1.165, 1.54) is 12.8 Å². The Balaban J connectivity index is 1.94. The second-order valence-corrected chi connectivity index (χ2v) is 6.38. The smallest absolute Gasteiger partial charge is 0.163 e. The fourth-order valence-corrected chi connectivity index (χ4v) is 3.51. The molecule has 0 amide bonds. The summed E-state index contributed by atoms with van der Waals surface area (Å²) in [6, 6.07) is 4.66. The van der Waals surface area contributed by atoms with Crippen molar-refractivity contribution < 1.29 is 8.78 Å². The average molecular weight is 285 g/mol. The zero-order chi connectivity index (χ0) is 13.8. The van der Waals surface area contributed by atoms with E-state index >= 15 is 0 Å². The summed E-state index contributed by atoms with van der Waals surface area (Å²) in [6.07, 6.45) is 6.80. The van der Waals surface area contributed by atoms with Crippen LogP contribution in [0.4, 0.5) is 8.78 Å². The maximum absolute atomic E-state index is 13.7. The molecule has 1 nitrogen and oxygen atoms in total. The molecular formula is C15H21F2NS. The van der Waals surface area contributed by atoms with Crippen LogP contribution >= 0.6 is 11.8 Å². The van der Waals surface area contributed by atoms with Crippen LogP contribution in [0.3, 0.4) is 0 Å². The van der Waals surface area contributed by atoms with E-state index in [0.717, 1.165) is 24.2 Å². The van der Waals surface area contributed by atoms with Gasteiger partial charge in [0.05, 0.1) is 0 Å². The third-order valence-corrected chi connectivity index (χ3v) is 5.08. The van der Waals surface area contributed by atoms with Gasteiger partial charge in [-0.15, -0.1) is 0 Å². The summed E-state index contributed by atoms with van der Waals surface area (Å²) in [7, 11) is 0. The topological polar surface area (TPSA) is 12.0 Å². The van der Waals surface area contributed by atoms with Gasteiger partial charge in [-0.3, -0.25) is 0 Å². The molecule has 0 heterocycles. The average Bonchev–Trinajstić information content (AvgIpc) is 2.42. The zero-order valence-electron chi connectivity index (χ0n) is 11.5. The maximum Gasteiger partial charge on any atom is 0.163 e. The van der Waals surface area contributed by atoms with Gasteiger partial charge in [0.15, 0.2) is 11.6 Å². The summed E-state index contributed by atoms with van der Waals surface area (Å²) in [5.41, 5.74) is 0.423. The molecule has 2 rings (SSSR count). The Labute approximate surface area is 118 Å². The lowest BCUT2D eigenvalue weighted by Gasteiger charge is -2.30. The highest BCUT2D eigenvalue weighted by Gasteiger charge is 2.23. The highest BCUT2D eigenvalue weighted by molar-refractivity contribution is 7.99. The van der Waals surface area contributed by atoms with Crippen LogP contribution < -0.4 is 5.32 Å². The van der Waals surface area contributed by atoms with Crippen LogP contribution in [0.25, 0.3) is 0 Å². The van der Waals surface area contributed by atoms with E-state index in [4.69, 9.17) is 0 Å². The number of nitrogens with one attached hydrogen (secondary N) is 1. The second-order valence-electron chi connectivity index (χ2n) is 5.24. The van der Waals surface area contributed by atoms with Crippen LogP contribution in [0.2, 0.25) is 0 Å². The molecule has 4 heteroatoms. The van der Waals surface area contributed by atoms with Gasteiger partial charge < -0.3 is 5.32 Å². The Morgan fingerprint density at radius 1 is 1.21 bits per heavy atom. The normalized spacial score (nSPS) is 25.3. The molecule has 19 heavy (non-hydrogen) atoms. The molecule has 0 saturated heterocycles. The first-order valence-corrected chi connectivity index (χ1v) is 8.13. The molecule has 1 aliphatic carbocycles. The molecule has 1 aliphatic rings. The SMILES string of the molecule is CSC1CCC(NC(C)c2cccc(F)c2F)CC1. The number of hydrogen-bond donors (Lipinski definition) is 1. The van der Waals surface area contributed by atoms with Gasteiger partial charge in [0.25, 0.3) is 0 Å². The Bertz CT molecular complexity index is 417. The van der Waals surface area contributed by atoms with Crippen molar-refractivity contribution in [3.8, 4) is 0 Å². The minimum Gasteiger partial charge on any atom is -0.307 e. The zero-order valence-corrected chi connectivity index (χ0v) is 12.3. The molecule has 0 radical (unpaired) electrons. The van der Waals surface area contributed by atoms with E-state index in [-0.39, 0.29) is 6.04 Å². The van der Waals surface area contributed by atoms with Gasteiger partial charge in [-0.25, -0.2) is 8.78 Å². The van der Waals surface area contributed by atoms with Gasteiger partial charge in [-0.1, -0.05) is 12.1 Å². The maximum atomic E-state index is 13.7. The minimum atomic E-state index is -0.766. The summed E-state index contributed by atoms with van der Waals surface area (Å²) in [4.78, 5) is 0. The molecule has 0 spiro atoms. The lowest BCUT2D eigenvalue weighted by molar-refractivity contribution is 0.346. The number of benzene rings is 1. The second kappa shape index (κ2) is 6.71. The van der Waals surface area contributed by atoms with Crippen molar-refractivity contribution in [2.24, 2.45) is 0 Å². The van der Waals surface area contributed by atoms with E-state index in [1.54, 1.807) is 12.1 Å². The van der Waals surface area contributed by atoms with Gasteiger partial charge in [0, 0.05) is 22.9 Å². The predicted octanol–water partition coefficient (Wildman–Crippen LogP) is 4.29. The summed E-state index contributed by atoms with van der Waals surface area (Å²) in [5, 5.41) is 4.20. The van der Waals surface area contributed by atoms with Gasteiger partial charge in [0.2, 0.25) is 0 Å². The first kappa shape index (κ1) is 14.8. The largest absolute Gasteiger partial charge is 0.307 e. The standard InChI is InChI=1S/C15H21F2NS/c1-10(13-4-3-5-14(16)15(13)17)18-11-6-8-12(19-2)9-7-11/h3-5,10-12,18H,6-9H2,1-2H3. The minimum absolute atomic E-state index is 0.147. The van der Waals surface area contributed by atoms with Crippen molar-refractivity contribution >= 4 is 11.8 Å². The number of hydrogen-bond acceptors (Lipinski definition) is 2. The van der Waals surface area contributed by atoms with Gasteiger partial charge in [0.1, 0.15) is 0 Å². The lowest BCUT2D eigenvalue weighted by Crippen LogP contribution is -2.35. The first-order chi connectivity index (χ1) is 9.11. The third-order valence-electron chi connectivity index (χ3n) is 3.94. The molecular weight excluding hydrogens is 264 g/mol. The van der Waals surface area contributed by atoms with Gasteiger partial charge in [-0.2, -0.15) is 11.8 Å². The van der Waals surface area contributed by atoms with Crippen molar-refractivity contribution in [2.45, 2.75) is 49.9 Å². The van der Waals surface area contributed by atoms with Gasteiger partial charge in [-0.05, 0) is 44.9 Å². The van der Waals surface area contributed by atoms with Crippen LogP contribution in [0, 0.1) is 11.6 Å². The van der Waals surface area contributed by atoms with Crippen LogP contribution in [0.15, 0.2) is 18.2 Å². The highest BCUT2D eigenvalue weighted by Crippen LogP contribution is 2.28. The Hall–Kier alpha value is -0.610. The van der Waals surface area contributed by atoms with E-state index < -0.39 is 11.6 Å². The van der Waals surface area contributed by atoms with E-state index in [0.29, 0.717) is 11.6 Å². The molecule has 1 aromatic rings. The Morgan fingerprint density at radius 3 is 2.53 bits per heavy atom. The molecule has 106 valence electrons. The Morgan fingerprint density at radius 2 is 1.89 bits per heavy atom. The molecule has 0 bridgehead atoms. The molecule has 1 atom stereocenters. The predicted molar refractivity (Wildman–Crippen MR) is 77.5 cm³/mol. The van der Waals surface area contributed by atoms with Gasteiger partial charge >= 0.3 is 0 Å². The Kier molecular flexibility index (Phi) is 5.22. The molecule has 0 aliphatic heterocycles. The number of halogens is 2. The molecule has 1 fully saturated rings. The van der Waals surface area contributed by atoms with Crippen LogP contribution in [-0.2, 0) is 0 Å². The first-order valence-electron chi connectivity index (χ1n) is 6.84. The molecule has 1 N–H and O–H groups in total. The molecule has 1 aromatic carbocycles. The quantitative estimate of drug-likeness (QED) is 0.885. The van der Waals surface area contributed by atoms with Crippen molar-refractivity contribution in [1.29, 1.82) is 0 Å². The van der Waals surface area contributed by atoms with E-state index in [9.17, 15) is 8.78 Å². The summed E-state index contributed by atoms with van der Waals surface area (Å²) < 4.78 is 26.9. The number of rotatable bonds is 4. The van der Waals surface area contributed by atoms with Crippen LogP contribution in [0.5, 0.6) is 0 Å². The molecule has 0 aromatic heterocycles. The fourth-order valence-electron chi connectivity index (χ4n) is 2.76. The monoisotopic (exact) mass is 285 g/mol. The van der Waals surface area contributed by atoms with Crippen molar-refractivity contribution in [3.63, 3.8) is 0 Å². The van der Waals surface area contributed by atoms with Crippen molar-refractivity contribution in [1.82, 2.24) is 5.32 Å². The lowest BCUT2D eigenvalue weighted by atomic mass is 9.93. The van der Waals surface area contributed by atoms with E-state index in [2.05, 4.69) is 11.6 Å². The molecule has 1 saturated carbocycles. The summed E-state index contributed by atoms with van der Waals surface area (Å²) in [6.45, 7) is 1.90. The van der Waals surface area contributed by atoms with Crippen molar-refractivity contribution in [2.75, 3.05) is 6.26 Å². The summed E-state index contributed by atoms with van der Waals surface area (Å²) in [5.74, 6) is -1.49. The van der Waals surface area contributed by atoms with E-state index in [1.807, 2.05) is 18.7 Å². The summed E-state index contributed by atoms with van der Waals surface area (Å²) >= 11 is 1.93. The van der Waals surface area contributed by atoms with Crippen LogP contribution in [0.1, 0.15) is 44.2 Å². The highest BCUT2D eigenvalue weighted by atomic mass is 32.2.